The van der Waals surface area contributed by atoms with Crippen molar-refractivity contribution >= 4 is 59.2 Å². The zero-order valence-corrected chi connectivity index (χ0v) is 41.2. The van der Waals surface area contributed by atoms with E-state index in [0.29, 0.717) is 76.3 Å². The molecule has 4 aromatic carbocycles. The molecule has 4 heterocycles. The minimum Gasteiger partial charge on any atom is -0.748 e. The van der Waals surface area contributed by atoms with Gasteiger partial charge in [-0.1, -0.05) is 42.2 Å². The summed E-state index contributed by atoms with van der Waals surface area (Å²) < 4.78 is 113. The summed E-state index contributed by atoms with van der Waals surface area (Å²) in [6.07, 6.45) is 1.17. The topological polar surface area (TPSA) is 243 Å². The number of carbonyl (C=O) groups excluding carboxylic acids is 2. The van der Waals surface area contributed by atoms with Crippen LogP contribution in [0, 0.1) is 11.8 Å². The lowest BCUT2D eigenvalue weighted by Gasteiger charge is -2.48. The molecule has 4 aromatic rings. The molecule has 4 aliphatic rings. The van der Waals surface area contributed by atoms with Crippen LogP contribution in [0.25, 0.3) is 0 Å². The second-order valence-corrected chi connectivity index (χ2v) is 23.9. The quantitative estimate of drug-likeness (QED) is 0.0744. The van der Waals surface area contributed by atoms with Crippen molar-refractivity contribution in [3.63, 3.8) is 0 Å². The molecule has 0 saturated heterocycles. The van der Waals surface area contributed by atoms with Crippen LogP contribution in [0.1, 0.15) is 106 Å². The largest absolute Gasteiger partial charge is 0.748 e. The van der Waals surface area contributed by atoms with Crippen molar-refractivity contribution in [1.29, 1.82) is 0 Å². The van der Waals surface area contributed by atoms with Crippen LogP contribution < -0.4 is 35.1 Å². The van der Waals surface area contributed by atoms with E-state index in [2.05, 4.69) is 21.7 Å². The van der Waals surface area contributed by atoms with Crippen LogP contribution in [0.2, 0.25) is 0 Å². The Labute approximate surface area is 402 Å². The predicted molar refractivity (Wildman–Crippen MR) is 259 cm³/mol. The molecule has 0 aromatic heterocycles. The van der Waals surface area contributed by atoms with Gasteiger partial charge in [-0.15, -0.1) is 0 Å². The second-order valence-electron chi connectivity index (χ2n) is 19.4. The van der Waals surface area contributed by atoms with E-state index in [1.165, 1.54) is 0 Å². The van der Waals surface area contributed by atoms with E-state index >= 15 is 0 Å². The van der Waals surface area contributed by atoms with Gasteiger partial charge in [-0.05, 0) is 82.0 Å². The zero-order chi connectivity index (χ0) is 49.7. The molecule has 2 unspecified atom stereocenters. The first-order valence-electron chi connectivity index (χ1n) is 22.7. The molecule has 3 N–H and O–H groups in total. The fraction of sp³-hybridized carbons (Fsp3) is 0.429. The number of fused-ring (bicyclic) bond motifs is 6. The van der Waals surface area contributed by atoms with Gasteiger partial charge in [0.05, 0.1) is 39.9 Å². The molecule has 0 radical (unpaired) electrons. The molecule has 8 rings (SSSR count). The summed E-state index contributed by atoms with van der Waals surface area (Å²) in [6.45, 7) is 8.60. The molecule has 4 aliphatic heterocycles. The Morgan fingerprint density at radius 3 is 2.20 bits per heavy atom. The Bertz CT molecular complexity index is 3290. The number of ether oxygens (including phenoxy) is 1. The van der Waals surface area contributed by atoms with Crippen LogP contribution in [0.5, 0.6) is 11.5 Å². The number of carbonyl (C=O) groups is 2. The van der Waals surface area contributed by atoms with Crippen LogP contribution in [0.3, 0.4) is 0 Å². The molecule has 2 amide bonds. The molecule has 17 nitrogen and oxygen atoms in total. The summed E-state index contributed by atoms with van der Waals surface area (Å²) in [5.74, 6) is 3.54. The van der Waals surface area contributed by atoms with Gasteiger partial charge in [-0.25, -0.2) is 18.0 Å². The third-order valence-electron chi connectivity index (χ3n) is 13.3. The lowest BCUT2D eigenvalue weighted by atomic mass is 9.79. The third-order valence-corrected chi connectivity index (χ3v) is 15.7. The number of hydrogen-bond donors (Lipinski definition) is 3. The van der Waals surface area contributed by atoms with Gasteiger partial charge in [0.15, 0.2) is 17.0 Å². The molecule has 20 heteroatoms. The number of amides is 2. The van der Waals surface area contributed by atoms with Crippen molar-refractivity contribution in [2.75, 3.05) is 46.7 Å². The van der Waals surface area contributed by atoms with Crippen molar-refractivity contribution in [3.8, 4) is 23.3 Å². The molecule has 0 saturated carbocycles. The van der Waals surface area contributed by atoms with Gasteiger partial charge in [0.2, 0.25) is 17.2 Å². The molecule has 69 heavy (non-hydrogen) atoms. The molecule has 366 valence electrons. The van der Waals surface area contributed by atoms with E-state index in [0.717, 1.165) is 16.7 Å². The number of hydrogen-bond acceptors (Lipinski definition) is 12. The molecule has 0 fully saturated rings. The second kappa shape index (κ2) is 18.9. The number of rotatable bonds is 15. The first-order chi connectivity index (χ1) is 32.3. The Hall–Kier alpha value is -5.69. The first kappa shape index (κ1) is 49.7. The minimum absolute atomic E-state index is 0.00694. The van der Waals surface area contributed by atoms with Crippen LogP contribution in [-0.4, -0.2) is 98.7 Å². The summed E-state index contributed by atoms with van der Waals surface area (Å²) in [4.78, 5) is 35.5. The number of benzene rings is 4. The van der Waals surface area contributed by atoms with Crippen molar-refractivity contribution in [2.45, 2.75) is 95.7 Å². The summed E-state index contributed by atoms with van der Waals surface area (Å²) >= 11 is 0. The van der Waals surface area contributed by atoms with Crippen molar-refractivity contribution in [3.05, 3.63) is 111 Å². The maximum absolute atomic E-state index is 13.7. The lowest BCUT2D eigenvalue weighted by Crippen LogP contribution is -2.54. The summed E-state index contributed by atoms with van der Waals surface area (Å²) in [5.41, 5.74) is 3.78. The SMILES string of the molecule is CC1(C)CC(CS(=O)(=O)O)c2cc3c(cc2N1CCCS(=O)(=O)[O-])Oc1cc2c(cc1=N3)C(CS(=O)(=O)O)CC(C)(C)[N+]=2CCCC(=O)NCCC(=O)N1Cc2ccccc2C#Cc2ccccc21. The number of nitrogens with one attached hydrogen (secondary N) is 1. The van der Waals surface area contributed by atoms with E-state index in [1.54, 1.807) is 29.2 Å². The van der Waals surface area contributed by atoms with Gasteiger partial charge in [0.1, 0.15) is 17.6 Å². The van der Waals surface area contributed by atoms with Crippen LogP contribution in [-0.2, 0) is 46.5 Å². The normalized spacial score (nSPS) is 18.7. The van der Waals surface area contributed by atoms with E-state index in [1.807, 2.05) is 81.1 Å². The summed E-state index contributed by atoms with van der Waals surface area (Å²) in [7, 11) is -13.4. The average Bonchev–Trinajstić information content (AvgIpc) is 3.23. The maximum Gasteiger partial charge on any atom is 0.265 e. The minimum atomic E-state index is -4.51. The van der Waals surface area contributed by atoms with Gasteiger partial charge >= 0.3 is 0 Å². The highest BCUT2D eigenvalue weighted by atomic mass is 32.2. The molecular formula is C49H55N5O12S3. The molecule has 0 bridgehead atoms. The van der Waals surface area contributed by atoms with E-state index in [4.69, 9.17) is 9.73 Å². The van der Waals surface area contributed by atoms with Gasteiger partial charge in [-0.3, -0.25) is 18.7 Å². The number of anilines is 2. The van der Waals surface area contributed by atoms with Gasteiger partial charge in [-0.2, -0.15) is 16.8 Å². The molecular weight excluding hydrogens is 947 g/mol. The highest BCUT2D eigenvalue weighted by molar-refractivity contribution is 7.86. The number of nitrogens with zero attached hydrogens (tertiary/aromatic N) is 4. The first-order valence-corrected chi connectivity index (χ1v) is 27.5. The highest BCUT2D eigenvalue weighted by Crippen LogP contribution is 2.49. The van der Waals surface area contributed by atoms with Crippen LogP contribution in [0.15, 0.2) is 77.8 Å². The molecule has 0 aliphatic carbocycles. The Kier molecular flexibility index (Phi) is 13.6. The third kappa shape index (κ3) is 11.5. The summed E-state index contributed by atoms with van der Waals surface area (Å²) in [6, 6.07) is 22.0. The predicted octanol–water partition coefficient (Wildman–Crippen LogP) is 4.52. The fourth-order valence-corrected chi connectivity index (χ4v) is 12.4. The van der Waals surface area contributed by atoms with Gasteiger partial charge < -0.3 is 24.4 Å². The standard InChI is InChI=1S/C49H55N5O12S3/c1-48(2)27-35(30-68(60,61)62)37-23-39-44(66-45-26-43-38(24-40(45)51-39)36(31-69(63,64)65)28-49(3,4)54(43)21-10-22-67(57,58)59)25-42(37)53(48)20-9-15-46(55)50-19-18-47(56)52-29-34-13-6-5-11-32(34)16-17-33-12-7-8-14-41(33)52/h5-8,11-14,23-26,35-36H,9-10,15,18-22,27-31H2,1-4H3,(H3-,50,55,57,58,59,60,61,62,63,64,65). The van der Waals surface area contributed by atoms with Crippen LogP contribution >= 0.6 is 0 Å². The Balaban J connectivity index is 1.05. The van der Waals surface area contributed by atoms with E-state index < -0.39 is 70.5 Å². The van der Waals surface area contributed by atoms with Crippen molar-refractivity contribution < 1.29 is 53.2 Å². The smallest absolute Gasteiger partial charge is 0.265 e. The van der Waals surface area contributed by atoms with Crippen molar-refractivity contribution in [1.82, 2.24) is 9.89 Å². The summed E-state index contributed by atoms with van der Waals surface area (Å²) in [5, 5.41) is 3.87. The van der Waals surface area contributed by atoms with E-state index in [9.17, 15) is 48.5 Å². The van der Waals surface area contributed by atoms with Gasteiger partial charge in [0, 0.05) is 90.3 Å². The highest BCUT2D eigenvalue weighted by Gasteiger charge is 2.43. The zero-order valence-electron chi connectivity index (χ0n) is 38.8. The van der Waals surface area contributed by atoms with E-state index in [-0.39, 0.29) is 50.6 Å². The lowest BCUT2D eigenvalue weighted by molar-refractivity contribution is -0.121. The average molecular weight is 1000 g/mol. The maximum atomic E-state index is 13.7. The fourth-order valence-electron chi connectivity index (χ4n) is 10.3. The molecule has 2 atom stereocenters. The number of para-hydroxylation sites is 1. The monoisotopic (exact) mass is 1000 g/mol. The van der Waals surface area contributed by atoms with Crippen molar-refractivity contribution in [2.24, 2.45) is 4.99 Å². The Morgan fingerprint density at radius 1 is 0.826 bits per heavy atom. The van der Waals surface area contributed by atoms with Crippen LogP contribution in [0.4, 0.5) is 17.1 Å². The molecule has 0 spiro atoms. The van der Waals surface area contributed by atoms with Gasteiger partial charge in [0.25, 0.3) is 20.2 Å². The Morgan fingerprint density at radius 2 is 1.49 bits per heavy atom.